The van der Waals surface area contributed by atoms with Crippen LogP contribution in [-0.2, 0) is 11.3 Å². The molecule has 5 N–H and O–H groups in total. The summed E-state index contributed by atoms with van der Waals surface area (Å²) in [7, 11) is 0. The fourth-order valence-electron chi connectivity index (χ4n) is 6.04. The maximum Gasteiger partial charge on any atom is 0.427 e. The van der Waals surface area contributed by atoms with Gasteiger partial charge >= 0.3 is 5.19 Å². The van der Waals surface area contributed by atoms with Gasteiger partial charge in [0.05, 0.1) is 29.7 Å². The molecule has 0 radical (unpaired) electrons. The monoisotopic (exact) mass is 639 g/mol. The number of phenols is 1. The number of thiophene rings is 1. The van der Waals surface area contributed by atoms with E-state index in [1.807, 2.05) is 36.1 Å². The molecule has 1 amide bonds. The molecule has 234 valence electrons. The van der Waals surface area contributed by atoms with Crippen molar-refractivity contribution in [2.45, 2.75) is 38.0 Å². The van der Waals surface area contributed by atoms with E-state index in [4.69, 9.17) is 9.47 Å². The van der Waals surface area contributed by atoms with E-state index >= 15 is 0 Å². The van der Waals surface area contributed by atoms with Crippen molar-refractivity contribution >= 4 is 38.8 Å². The highest BCUT2D eigenvalue weighted by Gasteiger charge is 2.41. The van der Waals surface area contributed by atoms with Crippen molar-refractivity contribution in [3.05, 3.63) is 69.4 Å². The van der Waals surface area contributed by atoms with E-state index in [2.05, 4.69) is 27.3 Å². The van der Waals surface area contributed by atoms with Crippen LogP contribution in [0.25, 0.3) is 10.2 Å². The molecule has 4 heterocycles. The van der Waals surface area contributed by atoms with Gasteiger partial charge in [-0.25, -0.2) is 0 Å². The molecular weight excluding hydrogens is 601 g/mol. The molecule has 12 heteroatoms. The number of phenolic OH excluding ortho intramolecular Hbond substituents is 1. The van der Waals surface area contributed by atoms with Gasteiger partial charge in [-0.15, -0.1) is 11.3 Å². The second kappa shape index (κ2) is 13.4. The smallest absolute Gasteiger partial charge is 0.427 e. The Morgan fingerprint density at radius 2 is 1.98 bits per heavy atom. The highest BCUT2D eigenvalue weighted by Crippen LogP contribution is 2.35. The molecule has 1 atom stereocenters. The number of nitrogens with zero attached hydrogens (tertiary/aromatic N) is 2. The predicted octanol–water partition coefficient (Wildman–Crippen LogP) is 3.71. The van der Waals surface area contributed by atoms with Gasteiger partial charge < -0.3 is 35.0 Å². The third-order valence-electron chi connectivity index (χ3n) is 8.40. The van der Waals surface area contributed by atoms with Crippen LogP contribution >= 0.6 is 22.7 Å². The minimum atomic E-state index is -0.801. The molecule has 0 bridgehead atoms. The number of H-pyrrole nitrogens is 1. The zero-order chi connectivity index (χ0) is 30.7. The van der Waals surface area contributed by atoms with Crippen molar-refractivity contribution in [2.24, 2.45) is 0 Å². The van der Waals surface area contributed by atoms with Gasteiger partial charge in [0, 0.05) is 49.7 Å². The van der Waals surface area contributed by atoms with Crippen molar-refractivity contribution in [2.75, 3.05) is 52.5 Å². The Morgan fingerprint density at radius 3 is 2.77 bits per heavy atom. The number of morpholine rings is 1. The van der Waals surface area contributed by atoms with E-state index in [1.165, 1.54) is 11.6 Å². The van der Waals surface area contributed by atoms with Crippen molar-refractivity contribution in [3.63, 3.8) is 0 Å². The van der Waals surface area contributed by atoms with Crippen LogP contribution in [0.5, 0.6) is 16.7 Å². The topological polar surface area (TPSA) is 129 Å². The normalized spacial score (nSPS) is 17.7. The van der Waals surface area contributed by atoms with Gasteiger partial charge in [0.2, 0.25) is 0 Å². The van der Waals surface area contributed by atoms with Gasteiger partial charge in [-0.2, -0.15) is 4.98 Å². The Morgan fingerprint density at radius 1 is 1.14 bits per heavy atom. The lowest BCUT2D eigenvalue weighted by Gasteiger charge is -2.47. The number of likely N-dealkylation sites (tertiary alicyclic amines) is 1. The Bertz CT molecular complexity index is 1600. The third-order valence-corrected chi connectivity index (χ3v) is 10.3. The molecule has 2 aliphatic heterocycles. The van der Waals surface area contributed by atoms with Crippen molar-refractivity contribution in [1.29, 1.82) is 0 Å². The Kier molecular flexibility index (Phi) is 9.36. The van der Waals surface area contributed by atoms with Crippen LogP contribution in [0.15, 0.2) is 48.5 Å². The van der Waals surface area contributed by atoms with Gasteiger partial charge in [0.1, 0.15) is 17.1 Å². The van der Waals surface area contributed by atoms with Crippen molar-refractivity contribution < 1.29 is 34.6 Å². The van der Waals surface area contributed by atoms with Gasteiger partial charge in [-0.05, 0) is 67.0 Å². The molecule has 44 heavy (non-hydrogen) atoms. The van der Waals surface area contributed by atoms with Crippen LogP contribution in [-0.4, -0.2) is 89.1 Å². The standard InChI is InChI=1S/C32H38N4O6S2/c1-21-5-8-27(43-21)30(39)36-14-16-42-32(20-36)9-12-35(13-10-32)19-22-3-2-4-23(17-22)41-15-11-33-18-26(38)24-6-7-25(37)28-29(24)44-31(40)34-28/h2-8,17,26,33,37-38H,9-16,18-20H2,1H3,(H,34,40)/p+1/t26-/m0/s1. The van der Waals surface area contributed by atoms with Gasteiger partial charge in [-0.3, -0.25) is 9.69 Å². The summed E-state index contributed by atoms with van der Waals surface area (Å²) >= 11 is 2.64. The number of aromatic nitrogens is 1. The van der Waals surface area contributed by atoms with Gasteiger partial charge in [0.25, 0.3) is 11.4 Å². The Balaban J connectivity index is 0.939. The number of carbonyl (C=O) groups is 1. The lowest BCUT2D eigenvalue weighted by Crippen LogP contribution is -2.57. The quantitative estimate of drug-likeness (QED) is 0.194. The van der Waals surface area contributed by atoms with Crippen LogP contribution in [0, 0.1) is 6.92 Å². The predicted molar refractivity (Wildman–Crippen MR) is 170 cm³/mol. The van der Waals surface area contributed by atoms with E-state index in [0.29, 0.717) is 55.2 Å². The molecule has 0 saturated carbocycles. The summed E-state index contributed by atoms with van der Waals surface area (Å²) in [6, 6.07) is 15.3. The number of thiazole rings is 1. The van der Waals surface area contributed by atoms with E-state index in [0.717, 1.165) is 59.3 Å². The molecule has 1 spiro atoms. The lowest BCUT2D eigenvalue weighted by atomic mass is 9.89. The molecule has 0 aliphatic carbocycles. The van der Waals surface area contributed by atoms with Crippen molar-refractivity contribution in [1.82, 2.24) is 15.1 Å². The molecule has 2 aliphatic rings. The fraction of sp³-hybridized carbons (Fsp3) is 0.438. The SMILES string of the molecule is Cc1ccc(C(=O)N2CCOC3(CCN(Cc4cccc(OCCNC[C@H](O)c5ccc(O)c6[nH+]c(O)sc56)c4)CC3)C2)s1. The molecule has 2 aromatic heterocycles. The van der Waals surface area contributed by atoms with Crippen LogP contribution in [0.2, 0.25) is 0 Å². The molecule has 2 fully saturated rings. The fourth-order valence-corrected chi connectivity index (χ4v) is 7.80. The molecule has 2 saturated heterocycles. The number of aliphatic hydroxyl groups is 1. The summed E-state index contributed by atoms with van der Waals surface area (Å²) in [6.07, 6.45) is 0.995. The second-order valence-electron chi connectivity index (χ2n) is 11.6. The zero-order valence-corrected chi connectivity index (χ0v) is 26.4. The summed E-state index contributed by atoms with van der Waals surface area (Å²) in [5, 5.41) is 33.7. The number of aromatic amines is 1. The van der Waals surface area contributed by atoms with Crippen molar-refractivity contribution in [3.8, 4) is 16.7 Å². The van der Waals surface area contributed by atoms with Gasteiger partial charge in [-0.1, -0.05) is 18.2 Å². The minimum absolute atomic E-state index is 0.0227. The molecule has 2 aromatic carbocycles. The first kappa shape index (κ1) is 30.8. The maximum atomic E-state index is 13.1. The number of piperidine rings is 1. The molecule has 0 unspecified atom stereocenters. The minimum Gasteiger partial charge on any atom is -0.502 e. The number of carbonyl (C=O) groups excluding carboxylic acids is 1. The van der Waals surface area contributed by atoms with Crippen LogP contribution in [0.1, 0.15) is 44.6 Å². The van der Waals surface area contributed by atoms with E-state index in [-0.39, 0.29) is 22.5 Å². The van der Waals surface area contributed by atoms with E-state index in [9.17, 15) is 20.1 Å². The largest absolute Gasteiger partial charge is 0.502 e. The van der Waals surface area contributed by atoms with Crippen LogP contribution in [0.4, 0.5) is 0 Å². The summed E-state index contributed by atoms with van der Waals surface area (Å²) in [5.74, 6) is 0.952. The Labute approximate surface area is 264 Å². The number of nitrogens with one attached hydrogen (secondary N) is 2. The van der Waals surface area contributed by atoms with Crippen LogP contribution in [0.3, 0.4) is 0 Å². The maximum absolute atomic E-state index is 13.1. The number of fused-ring (bicyclic) bond motifs is 1. The number of aliphatic hydroxyl groups excluding tert-OH is 1. The molecule has 4 aromatic rings. The molecule has 6 rings (SSSR count). The average molecular weight is 640 g/mol. The molecular formula is C32H39N4O6S2+. The second-order valence-corrected chi connectivity index (χ2v) is 13.9. The highest BCUT2D eigenvalue weighted by atomic mass is 32.1. The van der Waals surface area contributed by atoms with Crippen LogP contribution < -0.4 is 15.0 Å². The first-order valence-corrected chi connectivity index (χ1v) is 16.6. The highest BCUT2D eigenvalue weighted by molar-refractivity contribution is 7.19. The number of aromatic hydroxyl groups is 2. The third kappa shape index (κ3) is 7.01. The number of benzene rings is 2. The number of amides is 1. The first-order chi connectivity index (χ1) is 21.3. The average Bonchev–Trinajstić information content (AvgIpc) is 3.64. The summed E-state index contributed by atoms with van der Waals surface area (Å²) < 4.78 is 12.9. The zero-order valence-electron chi connectivity index (χ0n) is 24.8. The lowest BCUT2D eigenvalue weighted by molar-refractivity contribution is -0.356. The summed E-state index contributed by atoms with van der Waals surface area (Å²) in [6.45, 7) is 7.85. The number of aryl methyl sites for hydroxylation is 1. The number of hydrogen-bond acceptors (Lipinski definition) is 10. The number of hydrogen-bond donors (Lipinski definition) is 4. The summed E-state index contributed by atoms with van der Waals surface area (Å²) in [4.78, 5) is 22.2. The van der Waals surface area contributed by atoms with E-state index < -0.39 is 6.10 Å². The van der Waals surface area contributed by atoms with E-state index in [1.54, 1.807) is 17.4 Å². The molecule has 10 nitrogen and oxygen atoms in total. The van der Waals surface area contributed by atoms with Gasteiger partial charge in [0.15, 0.2) is 5.75 Å². The first-order valence-electron chi connectivity index (χ1n) is 15.0. The number of rotatable bonds is 10. The summed E-state index contributed by atoms with van der Waals surface area (Å²) in [5.41, 5.74) is 1.98. The number of ether oxygens (including phenoxy) is 2. The Hall–Kier alpha value is -3.26.